The van der Waals surface area contributed by atoms with Crippen LogP contribution in [0.2, 0.25) is 0 Å². The van der Waals surface area contributed by atoms with E-state index in [4.69, 9.17) is 5.11 Å². The first-order valence-electron chi connectivity index (χ1n) is 13.7. The lowest BCUT2D eigenvalue weighted by Crippen LogP contribution is -2.41. The minimum Gasteiger partial charge on any atom is -0.474 e. The summed E-state index contributed by atoms with van der Waals surface area (Å²) >= 11 is 0. The summed E-state index contributed by atoms with van der Waals surface area (Å²) in [5.74, 6) is -16.2. The summed E-state index contributed by atoms with van der Waals surface area (Å²) in [4.78, 5) is 34.9. The molecule has 2 N–H and O–H groups in total. The first kappa shape index (κ1) is 33.5. The third kappa shape index (κ3) is 7.31. The molecule has 45 heavy (non-hydrogen) atoms. The van der Waals surface area contributed by atoms with Crippen molar-refractivity contribution in [2.75, 3.05) is 23.8 Å². The van der Waals surface area contributed by atoms with Gasteiger partial charge in [-0.1, -0.05) is 43.5 Å². The number of carboxylic acid groups (broad SMARTS) is 1. The highest BCUT2D eigenvalue weighted by molar-refractivity contribution is 7.89. The molecular formula is C30H28F5N3O6S. The number of carbonyl (C=O) groups excluding carboxylic acids is 2. The van der Waals surface area contributed by atoms with Crippen LogP contribution < -0.4 is 10.2 Å². The molecule has 3 aromatic carbocycles. The van der Waals surface area contributed by atoms with Crippen LogP contribution in [0, 0.1) is 29.1 Å². The molecule has 15 heteroatoms. The maximum absolute atomic E-state index is 14.4. The number of amides is 2. The third-order valence-corrected chi connectivity index (χ3v) is 9.35. The molecule has 0 aromatic heterocycles. The van der Waals surface area contributed by atoms with E-state index in [9.17, 15) is 44.8 Å². The molecule has 3 aromatic rings. The molecule has 240 valence electrons. The maximum atomic E-state index is 14.4. The zero-order chi connectivity index (χ0) is 33.1. The van der Waals surface area contributed by atoms with Gasteiger partial charge in [-0.05, 0) is 54.2 Å². The Morgan fingerprint density at radius 1 is 0.822 bits per heavy atom. The van der Waals surface area contributed by atoms with Crippen LogP contribution in [0.15, 0.2) is 53.4 Å². The van der Waals surface area contributed by atoms with E-state index in [0.29, 0.717) is 11.5 Å². The second-order valence-corrected chi connectivity index (χ2v) is 12.5. The van der Waals surface area contributed by atoms with Crippen molar-refractivity contribution in [3.05, 3.63) is 88.7 Å². The molecule has 0 aliphatic heterocycles. The molecule has 0 bridgehead atoms. The zero-order valence-electron chi connectivity index (χ0n) is 23.8. The van der Waals surface area contributed by atoms with E-state index >= 15 is 0 Å². The molecule has 0 radical (unpaired) electrons. The van der Waals surface area contributed by atoms with E-state index in [2.05, 4.69) is 5.32 Å². The van der Waals surface area contributed by atoms with Gasteiger partial charge in [0.15, 0.2) is 28.2 Å². The number of likely N-dealkylation sites (N-methyl/N-ethyl adjacent to an activating group) is 1. The summed E-state index contributed by atoms with van der Waals surface area (Å²) in [5.41, 5.74) is 1.98. The summed E-state index contributed by atoms with van der Waals surface area (Å²) in [6.45, 7) is -1.19. The number of hydrogen-bond donors (Lipinski definition) is 2. The van der Waals surface area contributed by atoms with Crippen LogP contribution in [0.1, 0.15) is 49.1 Å². The fourth-order valence-electron chi connectivity index (χ4n) is 5.07. The van der Waals surface area contributed by atoms with Crippen LogP contribution in [-0.2, 0) is 31.0 Å². The molecule has 0 atom stereocenters. The van der Waals surface area contributed by atoms with Crippen LogP contribution in [-0.4, -0.2) is 49.2 Å². The van der Waals surface area contributed by atoms with E-state index in [1.807, 2.05) is 12.1 Å². The van der Waals surface area contributed by atoms with Gasteiger partial charge in [0.05, 0.1) is 13.1 Å². The van der Waals surface area contributed by atoms with E-state index in [1.54, 1.807) is 12.1 Å². The molecule has 9 nitrogen and oxygen atoms in total. The Labute approximate surface area is 255 Å². The largest absolute Gasteiger partial charge is 0.474 e. The molecular weight excluding hydrogens is 625 g/mol. The fourth-order valence-corrected chi connectivity index (χ4v) is 6.30. The zero-order valence-corrected chi connectivity index (χ0v) is 24.6. The number of hydrogen-bond acceptors (Lipinski definition) is 5. The van der Waals surface area contributed by atoms with Crippen LogP contribution in [0.3, 0.4) is 0 Å². The summed E-state index contributed by atoms with van der Waals surface area (Å²) in [7, 11) is -4.66. The number of halogens is 5. The van der Waals surface area contributed by atoms with Gasteiger partial charge in [-0.3, -0.25) is 9.59 Å². The predicted molar refractivity (Wildman–Crippen MR) is 152 cm³/mol. The Morgan fingerprint density at radius 3 is 1.89 bits per heavy atom. The molecule has 1 aliphatic carbocycles. The smallest absolute Gasteiger partial charge is 0.394 e. The van der Waals surface area contributed by atoms with Crippen molar-refractivity contribution in [2.24, 2.45) is 0 Å². The second kappa shape index (κ2) is 13.7. The number of nitrogens with one attached hydrogen (secondary N) is 1. The standard InChI is InChI=1S/C30H28F5N3O6S/c1-37(45(43,44)28-26(34)24(32)23(31)25(33)27(28)35)16-22(39)38(21-13-11-20(12-14-21)36-29(40)30(41)42)15-17-7-9-19(10-8-17)18-5-3-2-4-6-18/h7-14,18H,2-6,15-16H2,1H3,(H,36,40)(H,41,42). The lowest BCUT2D eigenvalue weighted by Gasteiger charge is -2.27. The van der Waals surface area contributed by atoms with Gasteiger partial charge in [0, 0.05) is 18.4 Å². The van der Waals surface area contributed by atoms with Gasteiger partial charge in [0.2, 0.25) is 21.7 Å². The average molecular weight is 654 g/mol. The Kier molecular flexibility index (Phi) is 10.2. The van der Waals surface area contributed by atoms with Gasteiger partial charge in [-0.2, -0.15) is 4.31 Å². The minimum absolute atomic E-state index is 0.0707. The number of carbonyl (C=O) groups is 3. The number of rotatable bonds is 9. The Hall–Kier alpha value is -4.37. The van der Waals surface area contributed by atoms with Crippen LogP contribution >= 0.6 is 0 Å². The number of sulfonamides is 1. The summed E-state index contributed by atoms with van der Waals surface area (Å²) in [6, 6.07) is 12.7. The molecule has 1 fully saturated rings. The van der Waals surface area contributed by atoms with E-state index < -0.39 is 68.3 Å². The van der Waals surface area contributed by atoms with Gasteiger partial charge >= 0.3 is 11.9 Å². The van der Waals surface area contributed by atoms with Crippen molar-refractivity contribution < 1.29 is 49.9 Å². The maximum Gasteiger partial charge on any atom is 0.394 e. The lowest BCUT2D eigenvalue weighted by atomic mass is 9.84. The quantitative estimate of drug-likeness (QED) is 0.140. The molecule has 0 heterocycles. The second-order valence-electron chi connectivity index (χ2n) is 10.5. The topological polar surface area (TPSA) is 124 Å². The number of nitrogens with zero attached hydrogens (tertiary/aromatic N) is 2. The molecule has 1 saturated carbocycles. The van der Waals surface area contributed by atoms with Crippen LogP contribution in [0.25, 0.3) is 0 Å². The predicted octanol–water partition coefficient (Wildman–Crippen LogP) is 5.31. The molecule has 0 spiro atoms. The normalized spacial score (nSPS) is 13.9. The van der Waals surface area contributed by atoms with Gasteiger partial charge in [-0.15, -0.1) is 0 Å². The fraction of sp³-hybridized carbons (Fsp3) is 0.300. The first-order valence-corrected chi connectivity index (χ1v) is 15.2. The number of aliphatic carboxylic acids is 1. The molecule has 0 unspecified atom stereocenters. The SMILES string of the molecule is CN(CC(=O)N(Cc1ccc(C2CCCCC2)cc1)c1ccc(NC(=O)C(=O)O)cc1)S(=O)(=O)c1c(F)c(F)c(F)c(F)c1F. The van der Waals surface area contributed by atoms with Crippen molar-refractivity contribution in [1.29, 1.82) is 0 Å². The van der Waals surface area contributed by atoms with E-state index in [1.165, 1.54) is 30.7 Å². The molecule has 4 rings (SSSR count). The molecule has 1 aliphatic rings. The molecule has 0 saturated heterocycles. The Bertz CT molecular complexity index is 1680. The molecule has 2 amide bonds. The van der Waals surface area contributed by atoms with Gasteiger partial charge in [-0.25, -0.2) is 35.2 Å². The van der Waals surface area contributed by atoms with E-state index in [-0.39, 0.29) is 22.2 Å². The van der Waals surface area contributed by atoms with Gasteiger partial charge < -0.3 is 15.3 Å². The van der Waals surface area contributed by atoms with Crippen molar-refractivity contribution in [3.8, 4) is 0 Å². The average Bonchev–Trinajstić information content (AvgIpc) is 3.02. The van der Waals surface area contributed by atoms with E-state index in [0.717, 1.165) is 43.2 Å². The number of anilines is 2. The highest BCUT2D eigenvalue weighted by Crippen LogP contribution is 2.33. The number of benzene rings is 3. The van der Waals surface area contributed by atoms with Gasteiger partial charge in [0.1, 0.15) is 0 Å². The van der Waals surface area contributed by atoms with Crippen LogP contribution in [0.5, 0.6) is 0 Å². The summed E-state index contributed by atoms with van der Waals surface area (Å²) < 4.78 is 95.9. The highest BCUT2D eigenvalue weighted by Gasteiger charge is 2.37. The lowest BCUT2D eigenvalue weighted by molar-refractivity contribution is -0.147. The monoisotopic (exact) mass is 653 g/mol. The Morgan fingerprint density at radius 2 is 1.36 bits per heavy atom. The minimum atomic E-state index is -5.41. The van der Waals surface area contributed by atoms with Crippen molar-refractivity contribution in [1.82, 2.24) is 4.31 Å². The van der Waals surface area contributed by atoms with Crippen molar-refractivity contribution in [2.45, 2.75) is 49.5 Å². The Balaban J connectivity index is 1.63. The van der Waals surface area contributed by atoms with Crippen LogP contribution in [0.4, 0.5) is 33.3 Å². The van der Waals surface area contributed by atoms with Gasteiger partial charge in [0.25, 0.3) is 0 Å². The number of carboxylic acids is 1. The van der Waals surface area contributed by atoms with Crippen molar-refractivity contribution in [3.63, 3.8) is 0 Å². The third-order valence-electron chi connectivity index (χ3n) is 7.52. The summed E-state index contributed by atoms with van der Waals surface area (Å²) in [5, 5.41) is 10.9. The van der Waals surface area contributed by atoms with Crippen molar-refractivity contribution >= 4 is 39.2 Å². The summed E-state index contributed by atoms with van der Waals surface area (Å²) in [6.07, 6.45) is 5.54. The highest BCUT2D eigenvalue weighted by atomic mass is 32.2. The first-order chi connectivity index (χ1) is 21.2.